The smallest absolute Gasteiger partial charge is 0.225 e. The van der Waals surface area contributed by atoms with E-state index in [1.54, 1.807) is 6.20 Å². The molecule has 0 bridgehead atoms. The number of pyridine rings is 1. The minimum atomic E-state index is -0.405. The average molecular weight is 317 g/mol. The van der Waals surface area contributed by atoms with Gasteiger partial charge in [0.1, 0.15) is 0 Å². The molecule has 0 unspecified atom stereocenters. The van der Waals surface area contributed by atoms with Crippen molar-refractivity contribution in [1.29, 1.82) is 0 Å². The van der Waals surface area contributed by atoms with E-state index in [1.165, 1.54) is 6.20 Å². The van der Waals surface area contributed by atoms with E-state index in [4.69, 9.17) is 4.74 Å². The van der Waals surface area contributed by atoms with E-state index in [2.05, 4.69) is 20.3 Å². The van der Waals surface area contributed by atoms with Crippen LogP contribution in [0.15, 0.2) is 30.7 Å². The highest BCUT2D eigenvalue weighted by Crippen LogP contribution is 2.19. The predicted octanol–water partition coefficient (Wildman–Crippen LogP) is 1.89. The molecule has 0 aliphatic carbocycles. The van der Waals surface area contributed by atoms with Crippen LogP contribution in [0.1, 0.15) is 12.5 Å². The number of nitrogens with one attached hydrogen (secondary N) is 1. The maximum Gasteiger partial charge on any atom is 0.225 e. The van der Waals surface area contributed by atoms with Crippen molar-refractivity contribution in [3.8, 4) is 0 Å². The van der Waals surface area contributed by atoms with E-state index in [1.807, 2.05) is 30.2 Å². The second-order valence-electron chi connectivity index (χ2n) is 5.58. The summed E-state index contributed by atoms with van der Waals surface area (Å²) in [7, 11) is 0. The molecule has 0 amide bonds. The summed E-state index contributed by atoms with van der Waals surface area (Å²) in [4.78, 5) is 14.4. The summed E-state index contributed by atoms with van der Waals surface area (Å²) in [5, 5.41) is 3.22. The molecule has 1 aliphatic heterocycles. The predicted molar refractivity (Wildman–Crippen MR) is 86.0 cm³/mol. The molecule has 0 radical (unpaired) electrons. The van der Waals surface area contributed by atoms with Crippen molar-refractivity contribution in [3.63, 3.8) is 0 Å². The molecule has 0 spiro atoms. The van der Waals surface area contributed by atoms with E-state index in [9.17, 15) is 4.39 Å². The van der Waals surface area contributed by atoms with Gasteiger partial charge in [0, 0.05) is 31.5 Å². The van der Waals surface area contributed by atoms with Gasteiger partial charge in [-0.25, -0.2) is 9.37 Å². The Hall–Kier alpha value is -2.28. The van der Waals surface area contributed by atoms with Crippen LogP contribution in [0.25, 0.3) is 0 Å². The fourth-order valence-electron chi connectivity index (χ4n) is 2.57. The minimum absolute atomic E-state index is 0.113. The lowest BCUT2D eigenvalue weighted by Gasteiger charge is -2.28. The van der Waals surface area contributed by atoms with Crippen LogP contribution < -0.4 is 10.2 Å². The summed E-state index contributed by atoms with van der Waals surface area (Å²) >= 11 is 0. The van der Waals surface area contributed by atoms with E-state index in [-0.39, 0.29) is 6.04 Å². The molecule has 6 nitrogen and oxygen atoms in total. The Morgan fingerprint density at radius 2 is 2.17 bits per heavy atom. The van der Waals surface area contributed by atoms with Crippen LogP contribution in [0.5, 0.6) is 0 Å². The van der Waals surface area contributed by atoms with Gasteiger partial charge >= 0.3 is 0 Å². The zero-order chi connectivity index (χ0) is 16.1. The van der Waals surface area contributed by atoms with Crippen LogP contribution >= 0.6 is 0 Å². The number of rotatable bonds is 5. The Morgan fingerprint density at radius 3 is 2.91 bits per heavy atom. The standard InChI is InChI=1S/C16H20FN5O/c1-12(9-13-3-2-4-18-10-13)20-16-19-11-14(17)15(21-16)22-5-7-23-8-6-22/h2-4,10-12H,5-9H2,1H3,(H,19,20,21)/t12-/m0/s1. The highest BCUT2D eigenvalue weighted by molar-refractivity contribution is 5.44. The Bertz CT molecular complexity index is 634. The van der Waals surface area contributed by atoms with E-state index in [0.717, 1.165) is 12.0 Å². The van der Waals surface area contributed by atoms with Gasteiger partial charge in [0.2, 0.25) is 5.95 Å². The van der Waals surface area contributed by atoms with Crippen LogP contribution in [-0.4, -0.2) is 47.3 Å². The lowest BCUT2D eigenvalue weighted by molar-refractivity contribution is 0.122. The van der Waals surface area contributed by atoms with Gasteiger partial charge in [-0.1, -0.05) is 6.07 Å². The maximum atomic E-state index is 14.0. The van der Waals surface area contributed by atoms with Gasteiger partial charge in [-0.05, 0) is 25.0 Å². The van der Waals surface area contributed by atoms with Gasteiger partial charge in [0.05, 0.1) is 19.4 Å². The fraction of sp³-hybridized carbons (Fsp3) is 0.438. The van der Waals surface area contributed by atoms with Crippen molar-refractivity contribution in [2.24, 2.45) is 0 Å². The van der Waals surface area contributed by atoms with Gasteiger partial charge in [0.25, 0.3) is 0 Å². The Morgan fingerprint density at radius 1 is 1.35 bits per heavy atom. The Kier molecular flexibility index (Phi) is 4.97. The first-order valence-electron chi connectivity index (χ1n) is 7.73. The zero-order valence-corrected chi connectivity index (χ0v) is 13.1. The van der Waals surface area contributed by atoms with Crippen molar-refractivity contribution in [3.05, 3.63) is 42.1 Å². The van der Waals surface area contributed by atoms with Crippen LogP contribution in [0.4, 0.5) is 16.2 Å². The Labute approximate surface area is 134 Å². The summed E-state index contributed by atoms with van der Waals surface area (Å²) in [6.45, 7) is 4.48. The van der Waals surface area contributed by atoms with E-state index < -0.39 is 5.82 Å². The number of aromatic nitrogens is 3. The molecule has 23 heavy (non-hydrogen) atoms. The first kappa shape index (κ1) is 15.6. The topological polar surface area (TPSA) is 63.2 Å². The number of halogens is 1. The fourth-order valence-corrected chi connectivity index (χ4v) is 2.57. The van der Waals surface area contributed by atoms with Crippen molar-refractivity contribution in [2.45, 2.75) is 19.4 Å². The van der Waals surface area contributed by atoms with Crippen LogP contribution in [0.2, 0.25) is 0 Å². The molecule has 1 N–H and O–H groups in total. The molecule has 2 aromatic heterocycles. The molecule has 2 aromatic rings. The molecular weight excluding hydrogens is 297 g/mol. The monoisotopic (exact) mass is 317 g/mol. The SMILES string of the molecule is C[C@@H](Cc1cccnc1)Nc1ncc(F)c(N2CCOCC2)n1. The first-order chi connectivity index (χ1) is 11.2. The van der Waals surface area contributed by atoms with E-state index in [0.29, 0.717) is 38.1 Å². The molecule has 3 heterocycles. The third-order valence-electron chi connectivity index (χ3n) is 3.68. The van der Waals surface area contributed by atoms with Crippen molar-refractivity contribution < 1.29 is 9.13 Å². The lowest BCUT2D eigenvalue weighted by Crippen LogP contribution is -2.37. The molecule has 1 atom stereocenters. The summed E-state index contributed by atoms with van der Waals surface area (Å²) in [5.74, 6) is 0.362. The second kappa shape index (κ2) is 7.32. The van der Waals surface area contributed by atoms with Crippen molar-refractivity contribution >= 4 is 11.8 Å². The molecule has 1 aliphatic rings. The summed E-state index contributed by atoms with van der Waals surface area (Å²) in [6.07, 6.45) is 5.60. The quantitative estimate of drug-likeness (QED) is 0.908. The lowest BCUT2D eigenvalue weighted by atomic mass is 10.1. The zero-order valence-electron chi connectivity index (χ0n) is 13.1. The number of ether oxygens (including phenoxy) is 1. The number of nitrogens with zero attached hydrogens (tertiary/aromatic N) is 4. The second-order valence-corrected chi connectivity index (χ2v) is 5.58. The summed E-state index contributed by atoms with van der Waals surface area (Å²) in [5.41, 5.74) is 1.13. The molecule has 1 saturated heterocycles. The molecule has 0 aromatic carbocycles. The third-order valence-corrected chi connectivity index (χ3v) is 3.68. The van der Waals surface area contributed by atoms with Crippen LogP contribution in [0.3, 0.4) is 0 Å². The van der Waals surface area contributed by atoms with Gasteiger partial charge in [-0.2, -0.15) is 4.98 Å². The van der Waals surface area contributed by atoms with E-state index >= 15 is 0 Å². The maximum absolute atomic E-state index is 14.0. The first-order valence-corrected chi connectivity index (χ1v) is 7.73. The van der Waals surface area contributed by atoms with Crippen molar-refractivity contribution in [2.75, 3.05) is 36.5 Å². The third kappa shape index (κ3) is 4.13. The molecule has 7 heteroatoms. The van der Waals surface area contributed by atoms with Crippen molar-refractivity contribution in [1.82, 2.24) is 15.0 Å². The largest absolute Gasteiger partial charge is 0.378 e. The highest BCUT2D eigenvalue weighted by atomic mass is 19.1. The van der Waals surface area contributed by atoms with Gasteiger partial charge in [-0.15, -0.1) is 0 Å². The number of hydrogen-bond acceptors (Lipinski definition) is 6. The summed E-state index contributed by atoms with van der Waals surface area (Å²) < 4.78 is 19.3. The van der Waals surface area contributed by atoms with Gasteiger partial charge in [-0.3, -0.25) is 4.98 Å². The molecule has 0 saturated carbocycles. The highest BCUT2D eigenvalue weighted by Gasteiger charge is 2.18. The molecule has 122 valence electrons. The number of morpholine rings is 1. The van der Waals surface area contributed by atoms with Gasteiger partial charge in [0.15, 0.2) is 11.6 Å². The Balaban J connectivity index is 1.67. The molecule has 1 fully saturated rings. The van der Waals surface area contributed by atoms with Gasteiger partial charge < -0.3 is 15.0 Å². The minimum Gasteiger partial charge on any atom is -0.378 e. The number of anilines is 2. The average Bonchev–Trinajstić information content (AvgIpc) is 2.58. The van der Waals surface area contributed by atoms with Crippen LogP contribution in [0, 0.1) is 5.82 Å². The normalized spacial score (nSPS) is 16.2. The van der Waals surface area contributed by atoms with Crippen LogP contribution in [-0.2, 0) is 11.2 Å². The molecular formula is C16H20FN5O. The number of hydrogen-bond donors (Lipinski definition) is 1. The summed E-state index contributed by atoms with van der Waals surface area (Å²) in [6, 6.07) is 4.05. The molecule has 3 rings (SSSR count).